The summed E-state index contributed by atoms with van der Waals surface area (Å²) >= 11 is 1.31. The molecule has 0 aliphatic heterocycles. The van der Waals surface area contributed by atoms with E-state index >= 15 is 0 Å². The van der Waals surface area contributed by atoms with Gasteiger partial charge in [0.1, 0.15) is 17.4 Å². The Morgan fingerprint density at radius 3 is 2.71 bits per heavy atom. The SMILES string of the molecule is N#C/C(=C(\O)CSc1n[nH]c2nc3ccccc3n12)c1nc2ccccc2[nH]1. The van der Waals surface area contributed by atoms with E-state index in [9.17, 15) is 10.4 Å². The topological polar surface area (TPSA) is 119 Å². The van der Waals surface area contributed by atoms with Gasteiger partial charge in [-0.15, -0.1) is 5.10 Å². The number of allylic oxidation sites excluding steroid dienone is 1. The van der Waals surface area contributed by atoms with E-state index < -0.39 is 0 Å². The van der Waals surface area contributed by atoms with Crippen molar-refractivity contribution in [2.45, 2.75) is 5.16 Å². The lowest BCUT2D eigenvalue weighted by atomic mass is 10.2. The molecular weight excluding hydrogens is 374 g/mol. The molecule has 28 heavy (non-hydrogen) atoms. The van der Waals surface area contributed by atoms with Crippen molar-refractivity contribution in [1.29, 1.82) is 5.26 Å². The number of H-pyrrole nitrogens is 2. The van der Waals surface area contributed by atoms with E-state index in [-0.39, 0.29) is 17.1 Å². The molecule has 5 rings (SSSR count). The number of hydrogen-bond donors (Lipinski definition) is 3. The molecule has 0 amide bonds. The summed E-state index contributed by atoms with van der Waals surface area (Å²) in [6.07, 6.45) is 0. The Morgan fingerprint density at radius 2 is 1.89 bits per heavy atom. The first-order valence-corrected chi connectivity index (χ1v) is 9.45. The van der Waals surface area contributed by atoms with Gasteiger partial charge in [0, 0.05) is 0 Å². The summed E-state index contributed by atoms with van der Waals surface area (Å²) in [6.45, 7) is 0. The van der Waals surface area contributed by atoms with Crippen LogP contribution in [0.3, 0.4) is 0 Å². The van der Waals surface area contributed by atoms with E-state index in [4.69, 9.17) is 0 Å². The first-order valence-electron chi connectivity index (χ1n) is 8.46. The second-order valence-corrected chi connectivity index (χ2v) is 7.03. The van der Waals surface area contributed by atoms with Crippen molar-refractivity contribution in [2.24, 2.45) is 0 Å². The lowest BCUT2D eigenvalue weighted by molar-refractivity contribution is 0.420. The number of nitriles is 1. The van der Waals surface area contributed by atoms with Crippen molar-refractivity contribution in [1.82, 2.24) is 29.5 Å². The van der Waals surface area contributed by atoms with Crippen LogP contribution in [0.15, 0.2) is 59.4 Å². The van der Waals surface area contributed by atoms with Gasteiger partial charge in [-0.3, -0.25) is 4.40 Å². The van der Waals surface area contributed by atoms with Gasteiger partial charge in [0.15, 0.2) is 11.0 Å². The molecule has 0 atom stereocenters. The molecule has 0 unspecified atom stereocenters. The Hall–Kier alpha value is -3.77. The Bertz CT molecular complexity index is 1370. The molecule has 9 heteroatoms. The van der Waals surface area contributed by atoms with E-state index in [0.717, 1.165) is 22.1 Å². The smallest absolute Gasteiger partial charge is 0.231 e. The maximum atomic E-state index is 10.5. The molecule has 0 aliphatic rings. The van der Waals surface area contributed by atoms with Gasteiger partial charge in [-0.2, -0.15) is 5.26 Å². The van der Waals surface area contributed by atoms with Gasteiger partial charge in [-0.05, 0) is 24.3 Å². The number of aliphatic hydroxyl groups is 1. The number of rotatable bonds is 4. The van der Waals surface area contributed by atoms with Crippen LogP contribution in [-0.2, 0) is 0 Å². The van der Waals surface area contributed by atoms with Gasteiger partial charge in [0.25, 0.3) is 0 Å². The van der Waals surface area contributed by atoms with Crippen molar-refractivity contribution in [2.75, 3.05) is 5.75 Å². The lowest BCUT2D eigenvalue weighted by Gasteiger charge is -2.02. The van der Waals surface area contributed by atoms with Crippen LogP contribution in [0.1, 0.15) is 5.82 Å². The zero-order chi connectivity index (χ0) is 19.1. The molecule has 3 heterocycles. The molecule has 3 N–H and O–H groups in total. The number of para-hydroxylation sites is 4. The third kappa shape index (κ3) is 2.59. The second kappa shape index (κ2) is 6.44. The zero-order valence-corrected chi connectivity index (χ0v) is 15.2. The Kier molecular flexibility index (Phi) is 3.77. The van der Waals surface area contributed by atoms with Crippen molar-refractivity contribution >= 4 is 45.2 Å². The first kappa shape index (κ1) is 16.4. The molecule has 5 aromatic rings. The molecule has 136 valence electrons. The minimum absolute atomic E-state index is 0.0628. The standard InChI is InChI=1S/C19H13N7OS/c20-9-11(17-21-12-5-1-2-6-13(12)22-17)16(27)10-28-19-25-24-18-23-14-7-3-4-8-15(14)26(18)19/h1-8,27H,10H2,(H,21,22)(H,23,24)/b16-11+. The molecule has 0 saturated carbocycles. The largest absolute Gasteiger partial charge is 0.510 e. The molecule has 8 nitrogen and oxygen atoms in total. The maximum absolute atomic E-state index is 10.5. The third-order valence-electron chi connectivity index (χ3n) is 4.37. The van der Waals surface area contributed by atoms with Crippen LogP contribution in [0.4, 0.5) is 0 Å². The first-order chi connectivity index (χ1) is 13.7. The fourth-order valence-corrected chi connectivity index (χ4v) is 3.90. The molecule has 0 radical (unpaired) electrons. The minimum Gasteiger partial charge on any atom is -0.510 e. The summed E-state index contributed by atoms with van der Waals surface area (Å²) in [5.74, 6) is 1.09. The Morgan fingerprint density at radius 1 is 1.11 bits per heavy atom. The van der Waals surface area contributed by atoms with E-state index in [0.29, 0.717) is 16.8 Å². The van der Waals surface area contributed by atoms with Crippen molar-refractivity contribution in [3.8, 4) is 6.07 Å². The number of hydrogen-bond acceptors (Lipinski definition) is 6. The van der Waals surface area contributed by atoms with Gasteiger partial charge in [0.05, 0.1) is 27.8 Å². The third-order valence-corrected chi connectivity index (χ3v) is 5.32. The highest BCUT2D eigenvalue weighted by Crippen LogP contribution is 2.26. The number of benzene rings is 2. The summed E-state index contributed by atoms with van der Waals surface area (Å²) in [4.78, 5) is 11.9. The van der Waals surface area contributed by atoms with Crippen molar-refractivity contribution < 1.29 is 5.11 Å². The highest BCUT2D eigenvalue weighted by atomic mass is 32.2. The fraction of sp³-hybridized carbons (Fsp3) is 0.0526. The number of imidazole rings is 2. The minimum atomic E-state index is -0.0628. The summed E-state index contributed by atoms with van der Waals surface area (Å²) in [6, 6.07) is 17.3. The number of aliphatic hydroxyl groups excluding tert-OH is 1. The van der Waals surface area contributed by atoms with Crippen LogP contribution < -0.4 is 0 Å². The van der Waals surface area contributed by atoms with Crippen molar-refractivity contribution in [3.05, 3.63) is 60.1 Å². The molecule has 0 bridgehead atoms. The number of thioether (sulfide) groups is 1. The van der Waals surface area contributed by atoms with Crippen LogP contribution in [0, 0.1) is 11.3 Å². The highest BCUT2D eigenvalue weighted by Gasteiger charge is 2.16. The number of nitrogens with zero attached hydrogens (tertiary/aromatic N) is 5. The maximum Gasteiger partial charge on any atom is 0.231 e. The zero-order valence-electron chi connectivity index (χ0n) is 14.4. The molecule has 0 saturated heterocycles. The van der Waals surface area contributed by atoms with Crippen LogP contribution in [-0.4, -0.2) is 40.4 Å². The second-order valence-electron chi connectivity index (χ2n) is 6.09. The summed E-state index contributed by atoms with van der Waals surface area (Å²) < 4.78 is 1.89. The van der Waals surface area contributed by atoms with Gasteiger partial charge in [-0.25, -0.2) is 15.1 Å². The molecule has 0 fully saturated rings. The predicted molar refractivity (Wildman–Crippen MR) is 107 cm³/mol. The van der Waals surface area contributed by atoms with Crippen LogP contribution >= 0.6 is 11.8 Å². The summed E-state index contributed by atoms with van der Waals surface area (Å²) in [7, 11) is 0. The molecule has 3 aromatic heterocycles. The van der Waals surface area contributed by atoms with E-state index in [1.807, 2.05) is 59.0 Å². The summed E-state index contributed by atoms with van der Waals surface area (Å²) in [5, 5.41) is 27.9. The predicted octanol–water partition coefficient (Wildman–Crippen LogP) is 3.67. The van der Waals surface area contributed by atoms with Gasteiger partial charge in [0.2, 0.25) is 5.78 Å². The van der Waals surface area contributed by atoms with Crippen molar-refractivity contribution in [3.63, 3.8) is 0 Å². The van der Waals surface area contributed by atoms with Gasteiger partial charge < -0.3 is 10.1 Å². The molecular formula is C19H13N7OS. The normalized spacial score (nSPS) is 12.5. The van der Waals surface area contributed by atoms with Crippen LogP contribution in [0.25, 0.3) is 33.4 Å². The molecule has 0 aliphatic carbocycles. The van der Waals surface area contributed by atoms with Crippen LogP contribution in [0.2, 0.25) is 0 Å². The van der Waals surface area contributed by atoms with Gasteiger partial charge in [-0.1, -0.05) is 36.0 Å². The lowest BCUT2D eigenvalue weighted by Crippen LogP contribution is -1.96. The van der Waals surface area contributed by atoms with E-state index in [2.05, 4.69) is 25.1 Å². The van der Waals surface area contributed by atoms with E-state index in [1.54, 1.807) is 0 Å². The Balaban J connectivity index is 1.48. The number of fused-ring (bicyclic) bond motifs is 4. The fourth-order valence-electron chi connectivity index (χ4n) is 3.07. The van der Waals surface area contributed by atoms with E-state index in [1.165, 1.54) is 11.8 Å². The Labute approximate surface area is 162 Å². The average Bonchev–Trinajstić information content (AvgIpc) is 3.40. The number of aromatic amines is 2. The number of nitrogens with one attached hydrogen (secondary N) is 2. The van der Waals surface area contributed by atoms with Crippen LogP contribution in [0.5, 0.6) is 0 Å². The average molecular weight is 387 g/mol. The van der Waals surface area contributed by atoms with Gasteiger partial charge >= 0.3 is 0 Å². The monoisotopic (exact) mass is 387 g/mol. The molecule has 0 spiro atoms. The number of aromatic nitrogens is 6. The highest BCUT2D eigenvalue weighted by molar-refractivity contribution is 7.99. The molecule has 2 aromatic carbocycles. The quantitative estimate of drug-likeness (QED) is 0.246. The summed E-state index contributed by atoms with van der Waals surface area (Å²) in [5.41, 5.74) is 3.45.